The summed E-state index contributed by atoms with van der Waals surface area (Å²) in [5, 5.41) is 7.40. The van der Waals surface area contributed by atoms with Crippen LogP contribution in [-0.2, 0) is 5.41 Å². The van der Waals surface area contributed by atoms with Crippen molar-refractivity contribution in [2.75, 3.05) is 5.73 Å². The van der Waals surface area contributed by atoms with Gasteiger partial charge in [-0.25, -0.2) is 0 Å². The summed E-state index contributed by atoms with van der Waals surface area (Å²) in [4.78, 5) is 0. The second-order valence-corrected chi connectivity index (χ2v) is 5.67. The smallest absolute Gasteiger partial charge is 0.148 e. The van der Waals surface area contributed by atoms with Crippen LogP contribution < -0.4 is 5.73 Å². The third-order valence-corrected chi connectivity index (χ3v) is 3.97. The highest BCUT2D eigenvalue weighted by Crippen LogP contribution is 2.42. The third-order valence-electron chi connectivity index (χ3n) is 3.97. The van der Waals surface area contributed by atoms with Crippen LogP contribution >= 0.6 is 0 Å². The highest BCUT2D eigenvalue weighted by Gasteiger charge is 2.34. The van der Waals surface area contributed by atoms with E-state index in [4.69, 9.17) is 5.73 Å². The molecular weight excluding hydrogens is 198 g/mol. The molecular formula is C13H23N3. The molecule has 0 aromatic carbocycles. The van der Waals surface area contributed by atoms with Gasteiger partial charge in [-0.2, -0.15) is 5.10 Å². The van der Waals surface area contributed by atoms with Gasteiger partial charge in [0.05, 0.1) is 0 Å². The van der Waals surface area contributed by atoms with Crippen molar-refractivity contribution in [2.45, 2.75) is 64.2 Å². The molecule has 3 N–H and O–H groups in total. The number of anilines is 1. The Bertz CT molecular complexity index is 359. The summed E-state index contributed by atoms with van der Waals surface area (Å²) in [6, 6.07) is 0. The lowest BCUT2D eigenvalue weighted by atomic mass is 9.71. The lowest BCUT2D eigenvalue weighted by Crippen LogP contribution is -2.27. The molecule has 90 valence electrons. The van der Waals surface area contributed by atoms with E-state index < -0.39 is 0 Å². The summed E-state index contributed by atoms with van der Waals surface area (Å²) >= 11 is 0. The second kappa shape index (κ2) is 4.11. The topological polar surface area (TPSA) is 54.7 Å². The molecule has 1 fully saturated rings. The molecule has 1 saturated carbocycles. The number of nitrogen functional groups attached to an aromatic ring is 1. The summed E-state index contributed by atoms with van der Waals surface area (Å²) in [6.45, 7) is 6.73. The van der Waals surface area contributed by atoms with Crippen molar-refractivity contribution in [2.24, 2.45) is 0 Å². The lowest BCUT2D eigenvalue weighted by Gasteiger charge is -2.34. The van der Waals surface area contributed by atoms with Crippen molar-refractivity contribution in [1.82, 2.24) is 10.2 Å². The van der Waals surface area contributed by atoms with Gasteiger partial charge in [0.25, 0.3) is 0 Å². The molecule has 0 amide bonds. The van der Waals surface area contributed by atoms with Crippen LogP contribution in [0.4, 0.5) is 5.82 Å². The van der Waals surface area contributed by atoms with Crippen molar-refractivity contribution in [3.05, 3.63) is 11.3 Å². The highest BCUT2D eigenvalue weighted by molar-refractivity contribution is 5.47. The summed E-state index contributed by atoms with van der Waals surface area (Å²) in [5.41, 5.74) is 8.76. The van der Waals surface area contributed by atoms with Gasteiger partial charge in [0.15, 0.2) is 0 Å². The Labute approximate surface area is 97.8 Å². The van der Waals surface area contributed by atoms with Gasteiger partial charge >= 0.3 is 0 Å². The molecule has 0 bridgehead atoms. The minimum Gasteiger partial charge on any atom is -0.382 e. The Morgan fingerprint density at radius 1 is 1.25 bits per heavy atom. The van der Waals surface area contributed by atoms with Crippen LogP contribution in [0.25, 0.3) is 0 Å². The molecule has 3 heteroatoms. The summed E-state index contributed by atoms with van der Waals surface area (Å²) in [5.74, 6) is 1.14. The molecule has 0 radical (unpaired) electrons. The summed E-state index contributed by atoms with van der Waals surface area (Å²) in [6.07, 6.45) is 6.54. The standard InChI is InChI=1S/C13H23N3/c1-9(2)10-11(15-16-12(10)14)13(3)7-5-4-6-8-13/h9H,4-8H2,1-3H3,(H3,14,15,16). The molecule has 3 nitrogen and oxygen atoms in total. The summed E-state index contributed by atoms with van der Waals surface area (Å²) < 4.78 is 0. The Hall–Kier alpha value is -0.990. The van der Waals surface area contributed by atoms with Gasteiger partial charge in [-0.3, -0.25) is 5.10 Å². The zero-order valence-electron chi connectivity index (χ0n) is 10.6. The molecule has 1 heterocycles. The molecule has 0 unspecified atom stereocenters. The third kappa shape index (κ3) is 1.83. The van der Waals surface area contributed by atoms with Crippen molar-refractivity contribution in [1.29, 1.82) is 0 Å². The minimum absolute atomic E-state index is 0.266. The van der Waals surface area contributed by atoms with E-state index in [-0.39, 0.29) is 5.41 Å². The van der Waals surface area contributed by atoms with Crippen LogP contribution in [0.5, 0.6) is 0 Å². The molecule has 1 aromatic heterocycles. The number of hydrogen-bond acceptors (Lipinski definition) is 2. The zero-order valence-corrected chi connectivity index (χ0v) is 10.6. The van der Waals surface area contributed by atoms with Gasteiger partial charge in [0.2, 0.25) is 0 Å². The fraction of sp³-hybridized carbons (Fsp3) is 0.769. The molecule has 0 aliphatic heterocycles. The highest BCUT2D eigenvalue weighted by atomic mass is 15.2. The van der Waals surface area contributed by atoms with Crippen LogP contribution in [0.15, 0.2) is 0 Å². The Kier molecular flexibility index (Phi) is 2.96. The maximum Gasteiger partial charge on any atom is 0.148 e. The van der Waals surface area contributed by atoms with Crippen LogP contribution in [0, 0.1) is 0 Å². The fourth-order valence-electron chi connectivity index (χ4n) is 2.99. The van der Waals surface area contributed by atoms with Crippen molar-refractivity contribution >= 4 is 5.82 Å². The van der Waals surface area contributed by atoms with Crippen molar-refractivity contribution < 1.29 is 0 Å². The molecule has 0 atom stereocenters. The number of hydrogen-bond donors (Lipinski definition) is 2. The van der Waals surface area contributed by atoms with E-state index in [0.29, 0.717) is 11.7 Å². The average molecular weight is 221 g/mol. The number of H-pyrrole nitrogens is 1. The van der Waals surface area contributed by atoms with Crippen LogP contribution in [0.2, 0.25) is 0 Å². The molecule has 2 rings (SSSR count). The second-order valence-electron chi connectivity index (χ2n) is 5.67. The van der Waals surface area contributed by atoms with Crippen molar-refractivity contribution in [3.8, 4) is 0 Å². The average Bonchev–Trinajstić information content (AvgIpc) is 2.62. The predicted molar refractivity (Wildman–Crippen MR) is 67.5 cm³/mol. The van der Waals surface area contributed by atoms with E-state index in [2.05, 4.69) is 31.0 Å². The van der Waals surface area contributed by atoms with E-state index in [1.165, 1.54) is 43.4 Å². The van der Waals surface area contributed by atoms with Crippen LogP contribution in [0.3, 0.4) is 0 Å². The van der Waals surface area contributed by atoms with E-state index in [1.54, 1.807) is 0 Å². The van der Waals surface area contributed by atoms with E-state index in [1.807, 2.05) is 0 Å². The predicted octanol–water partition coefficient (Wildman–Crippen LogP) is 3.34. The Morgan fingerprint density at radius 2 is 1.88 bits per heavy atom. The number of aromatic nitrogens is 2. The first-order valence-corrected chi connectivity index (χ1v) is 6.39. The van der Waals surface area contributed by atoms with Gasteiger partial charge < -0.3 is 5.73 Å². The molecule has 0 saturated heterocycles. The maximum absolute atomic E-state index is 5.97. The van der Waals surface area contributed by atoms with Gasteiger partial charge in [-0.1, -0.05) is 40.0 Å². The van der Waals surface area contributed by atoms with E-state index in [9.17, 15) is 0 Å². The molecule has 1 aromatic rings. The first kappa shape index (κ1) is 11.5. The van der Waals surface area contributed by atoms with E-state index >= 15 is 0 Å². The molecule has 16 heavy (non-hydrogen) atoms. The van der Waals surface area contributed by atoms with Crippen LogP contribution in [-0.4, -0.2) is 10.2 Å². The van der Waals surface area contributed by atoms with Gasteiger partial charge in [-0.05, 0) is 18.8 Å². The quantitative estimate of drug-likeness (QED) is 0.804. The van der Waals surface area contributed by atoms with Gasteiger partial charge in [0.1, 0.15) is 5.82 Å². The van der Waals surface area contributed by atoms with Gasteiger partial charge in [0, 0.05) is 16.7 Å². The first-order chi connectivity index (χ1) is 7.54. The zero-order chi connectivity index (χ0) is 11.8. The minimum atomic E-state index is 0.266. The largest absolute Gasteiger partial charge is 0.382 e. The molecule has 0 spiro atoms. The number of aromatic amines is 1. The summed E-state index contributed by atoms with van der Waals surface area (Å²) in [7, 11) is 0. The first-order valence-electron chi connectivity index (χ1n) is 6.39. The normalized spacial score (nSPS) is 20.2. The monoisotopic (exact) mass is 221 g/mol. The van der Waals surface area contributed by atoms with Gasteiger partial charge in [-0.15, -0.1) is 0 Å². The number of nitrogens with two attached hydrogens (primary N) is 1. The Balaban J connectivity index is 2.38. The van der Waals surface area contributed by atoms with Crippen molar-refractivity contribution in [3.63, 3.8) is 0 Å². The van der Waals surface area contributed by atoms with E-state index in [0.717, 1.165) is 0 Å². The number of nitrogens with one attached hydrogen (secondary N) is 1. The maximum atomic E-state index is 5.97. The fourth-order valence-corrected chi connectivity index (χ4v) is 2.99. The lowest BCUT2D eigenvalue weighted by molar-refractivity contribution is 0.309. The number of nitrogens with zero attached hydrogens (tertiary/aromatic N) is 1. The SMILES string of the molecule is CC(C)c1c(N)n[nH]c1C1(C)CCCCC1. The van der Waals surface area contributed by atoms with Crippen LogP contribution in [0.1, 0.15) is 70.1 Å². The molecule has 1 aliphatic carbocycles. The Morgan fingerprint density at radius 3 is 2.44 bits per heavy atom. The number of rotatable bonds is 2. The molecule has 1 aliphatic rings.